The molecule has 0 fully saturated rings. The maximum Gasteiger partial charge on any atom is 0.279 e. The number of aromatic nitrogens is 4. The lowest BCUT2D eigenvalue weighted by molar-refractivity contribution is -0.116. The zero-order valence-electron chi connectivity index (χ0n) is 16.9. The molecule has 2 aromatic heterocycles. The molecule has 0 bridgehead atoms. The van der Waals surface area contributed by atoms with Gasteiger partial charge in [0.25, 0.3) is 5.56 Å². The molecule has 8 heteroatoms. The zero-order chi connectivity index (χ0) is 21.5. The molecule has 4 aromatic rings. The third-order valence-electron chi connectivity index (χ3n) is 5.52. The van der Waals surface area contributed by atoms with Gasteiger partial charge in [-0.25, -0.2) is 4.39 Å². The van der Waals surface area contributed by atoms with E-state index in [9.17, 15) is 14.0 Å². The topological polar surface area (TPSA) is 81.3 Å². The second-order valence-electron chi connectivity index (χ2n) is 7.74. The fourth-order valence-corrected chi connectivity index (χ4v) is 4.02. The van der Waals surface area contributed by atoms with E-state index in [1.54, 1.807) is 10.6 Å². The van der Waals surface area contributed by atoms with Gasteiger partial charge in [-0.15, -0.1) is 5.10 Å². The number of halogens is 1. The summed E-state index contributed by atoms with van der Waals surface area (Å²) in [7, 11) is 0. The van der Waals surface area contributed by atoms with Gasteiger partial charge in [0.05, 0.1) is 0 Å². The Bertz CT molecular complexity index is 1370. The molecule has 0 aliphatic heterocycles. The number of fused-ring (bicyclic) bond motifs is 2. The van der Waals surface area contributed by atoms with Crippen molar-refractivity contribution in [3.8, 4) is 11.4 Å². The summed E-state index contributed by atoms with van der Waals surface area (Å²) in [5.41, 5.74) is 3.58. The van der Waals surface area contributed by atoms with Gasteiger partial charge < -0.3 is 9.88 Å². The fraction of sp³-hybridized carbons (Fsp3) is 0.217. The fourth-order valence-electron chi connectivity index (χ4n) is 4.02. The smallest absolute Gasteiger partial charge is 0.279 e. The second-order valence-corrected chi connectivity index (χ2v) is 7.74. The lowest BCUT2D eigenvalue weighted by atomic mass is 10.1. The Hall–Kier alpha value is -3.81. The number of carbonyl (C=O) groups is 1. The van der Waals surface area contributed by atoms with Gasteiger partial charge in [0, 0.05) is 22.5 Å². The van der Waals surface area contributed by atoms with Crippen molar-refractivity contribution in [3.63, 3.8) is 0 Å². The number of aryl methyl sites for hydroxylation is 1. The van der Waals surface area contributed by atoms with Gasteiger partial charge in [-0.05, 0) is 44.4 Å². The standard InChI is InChI=1S/C23H20FN5O2/c1-14-8-10-15(11-9-14)21-26-23-28(13-20(30)25-17-5-2-4-16(24)12-17)19-7-3-6-18(19)22(31)29(23)27-21/h2,4-5,8-12H,3,6-7,13H2,1H3,(H,25,30). The maximum atomic E-state index is 13.5. The second kappa shape index (κ2) is 7.46. The molecule has 1 aliphatic carbocycles. The number of amides is 1. The zero-order valence-corrected chi connectivity index (χ0v) is 16.9. The van der Waals surface area contributed by atoms with Crippen molar-refractivity contribution in [2.24, 2.45) is 0 Å². The lowest BCUT2D eigenvalue weighted by Gasteiger charge is -2.13. The minimum absolute atomic E-state index is 0.0470. The summed E-state index contributed by atoms with van der Waals surface area (Å²) in [5.74, 6) is 0.00505. The molecule has 5 rings (SSSR count). The summed E-state index contributed by atoms with van der Waals surface area (Å²) >= 11 is 0. The van der Waals surface area contributed by atoms with Crippen LogP contribution in [0.4, 0.5) is 10.1 Å². The Morgan fingerprint density at radius 2 is 1.97 bits per heavy atom. The molecule has 0 saturated heterocycles. The summed E-state index contributed by atoms with van der Waals surface area (Å²) in [6, 6.07) is 13.5. The number of carbonyl (C=O) groups excluding carboxylic acids is 1. The van der Waals surface area contributed by atoms with Gasteiger partial charge in [0.15, 0.2) is 5.82 Å². The lowest BCUT2D eigenvalue weighted by Crippen LogP contribution is -2.28. The Morgan fingerprint density at radius 1 is 1.16 bits per heavy atom. The summed E-state index contributed by atoms with van der Waals surface area (Å²) in [4.78, 5) is 30.3. The van der Waals surface area contributed by atoms with Gasteiger partial charge in [-0.2, -0.15) is 9.50 Å². The van der Waals surface area contributed by atoms with Crippen LogP contribution in [0.1, 0.15) is 23.2 Å². The summed E-state index contributed by atoms with van der Waals surface area (Å²) in [5, 5.41) is 7.16. The number of anilines is 1. The van der Waals surface area contributed by atoms with Gasteiger partial charge in [0.2, 0.25) is 11.7 Å². The van der Waals surface area contributed by atoms with E-state index in [0.29, 0.717) is 35.7 Å². The quantitative estimate of drug-likeness (QED) is 0.553. The Kier molecular flexibility index (Phi) is 4.62. The van der Waals surface area contributed by atoms with E-state index >= 15 is 0 Å². The molecule has 2 aromatic carbocycles. The summed E-state index contributed by atoms with van der Waals surface area (Å²) < 4.78 is 16.5. The number of rotatable bonds is 4. The normalized spacial score (nSPS) is 12.8. The predicted molar refractivity (Wildman–Crippen MR) is 114 cm³/mol. The van der Waals surface area contributed by atoms with Crippen molar-refractivity contribution in [2.75, 3.05) is 5.32 Å². The van der Waals surface area contributed by atoms with Crippen LogP contribution in [-0.4, -0.2) is 25.1 Å². The van der Waals surface area contributed by atoms with E-state index in [1.165, 1.54) is 22.7 Å². The number of nitrogens with zero attached hydrogens (tertiary/aromatic N) is 4. The molecule has 0 radical (unpaired) electrons. The van der Waals surface area contributed by atoms with E-state index in [2.05, 4.69) is 15.4 Å². The van der Waals surface area contributed by atoms with Gasteiger partial charge in [0.1, 0.15) is 12.4 Å². The van der Waals surface area contributed by atoms with Gasteiger partial charge in [-0.1, -0.05) is 35.9 Å². The average Bonchev–Trinajstić information content (AvgIpc) is 3.40. The van der Waals surface area contributed by atoms with Crippen molar-refractivity contribution in [3.05, 3.63) is 81.5 Å². The van der Waals surface area contributed by atoms with Crippen molar-refractivity contribution in [1.29, 1.82) is 0 Å². The largest absolute Gasteiger partial charge is 0.324 e. The monoisotopic (exact) mass is 417 g/mol. The molecule has 0 saturated carbocycles. The highest BCUT2D eigenvalue weighted by molar-refractivity contribution is 5.90. The molecule has 0 spiro atoms. The first kappa shape index (κ1) is 19.2. The van der Waals surface area contributed by atoms with Crippen LogP contribution < -0.4 is 10.9 Å². The minimum atomic E-state index is -0.426. The van der Waals surface area contributed by atoms with E-state index in [1.807, 2.05) is 31.2 Å². The van der Waals surface area contributed by atoms with E-state index < -0.39 is 5.82 Å². The van der Waals surface area contributed by atoms with Crippen LogP contribution in [0.5, 0.6) is 0 Å². The third-order valence-corrected chi connectivity index (χ3v) is 5.52. The SMILES string of the molecule is Cc1ccc(-c2nc3n(CC(=O)Nc4cccc(F)c4)c4c(c(=O)n3n2)CCC4)cc1. The van der Waals surface area contributed by atoms with Crippen LogP contribution in [0.2, 0.25) is 0 Å². The molecule has 1 N–H and O–H groups in total. The molecule has 1 amide bonds. The van der Waals surface area contributed by atoms with Crippen LogP contribution in [-0.2, 0) is 24.2 Å². The number of hydrogen-bond acceptors (Lipinski definition) is 4. The molecule has 2 heterocycles. The summed E-state index contributed by atoms with van der Waals surface area (Å²) in [6.45, 7) is 1.95. The highest BCUT2D eigenvalue weighted by atomic mass is 19.1. The van der Waals surface area contributed by atoms with Crippen molar-refractivity contribution in [1.82, 2.24) is 19.2 Å². The van der Waals surface area contributed by atoms with Crippen LogP contribution in [0.25, 0.3) is 17.2 Å². The maximum absolute atomic E-state index is 13.5. The predicted octanol–water partition coefficient (Wildman–Crippen LogP) is 3.13. The highest BCUT2D eigenvalue weighted by Gasteiger charge is 2.25. The molecule has 31 heavy (non-hydrogen) atoms. The van der Waals surface area contributed by atoms with Crippen molar-refractivity contribution < 1.29 is 9.18 Å². The van der Waals surface area contributed by atoms with E-state index in [-0.39, 0.29) is 18.0 Å². The molecule has 1 aliphatic rings. The van der Waals surface area contributed by atoms with E-state index in [4.69, 9.17) is 0 Å². The first-order chi connectivity index (χ1) is 15.0. The molecular weight excluding hydrogens is 397 g/mol. The van der Waals surface area contributed by atoms with Crippen molar-refractivity contribution in [2.45, 2.75) is 32.7 Å². The van der Waals surface area contributed by atoms with Crippen LogP contribution in [0, 0.1) is 12.7 Å². The average molecular weight is 417 g/mol. The number of nitrogens with one attached hydrogen (secondary N) is 1. The van der Waals surface area contributed by atoms with Crippen molar-refractivity contribution >= 4 is 17.4 Å². The van der Waals surface area contributed by atoms with Gasteiger partial charge in [-0.3, -0.25) is 9.59 Å². The Labute approximate surface area is 177 Å². The van der Waals surface area contributed by atoms with Crippen LogP contribution in [0.15, 0.2) is 53.3 Å². The Morgan fingerprint density at radius 3 is 2.74 bits per heavy atom. The molecule has 0 unspecified atom stereocenters. The number of hydrogen-bond donors (Lipinski definition) is 1. The first-order valence-corrected chi connectivity index (χ1v) is 10.1. The highest BCUT2D eigenvalue weighted by Crippen LogP contribution is 2.23. The van der Waals surface area contributed by atoms with Crippen LogP contribution in [0.3, 0.4) is 0 Å². The summed E-state index contributed by atoms with van der Waals surface area (Å²) in [6.07, 6.45) is 2.18. The third kappa shape index (κ3) is 3.50. The Balaban J connectivity index is 1.57. The van der Waals surface area contributed by atoms with E-state index in [0.717, 1.165) is 23.2 Å². The van der Waals surface area contributed by atoms with Gasteiger partial charge >= 0.3 is 0 Å². The molecule has 156 valence electrons. The van der Waals surface area contributed by atoms with Crippen LogP contribution >= 0.6 is 0 Å². The minimum Gasteiger partial charge on any atom is -0.324 e. The number of benzene rings is 2. The molecule has 7 nitrogen and oxygen atoms in total. The first-order valence-electron chi connectivity index (χ1n) is 10.1. The molecular formula is C23H20FN5O2. The molecule has 0 atom stereocenters.